The number of hydrogen-bond acceptors (Lipinski definition) is 4. The fourth-order valence-corrected chi connectivity index (χ4v) is 3.07. The minimum absolute atomic E-state index is 0.106. The second-order valence-electron chi connectivity index (χ2n) is 5.58. The molecule has 2 N–H and O–H groups in total. The van der Waals surface area contributed by atoms with E-state index in [1.165, 1.54) is 0 Å². The number of amides is 2. The summed E-state index contributed by atoms with van der Waals surface area (Å²) in [5.41, 5.74) is 0. The fourth-order valence-electron chi connectivity index (χ4n) is 3.07. The summed E-state index contributed by atoms with van der Waals surface area (Å²) in [6, 6.07) is 0.106. The molecule has 1 atom stereocenters. The van der Waals surface area contributed by atoms with Crippen molar-refractivity contribution in [1.82, 2.24) is 10.2 Å². The van der Waals surface area contributed by atoms with E-state index in [-0.39, 0.29) is 12.5 Å². The van der Waals surface area contributed by atoms with Crippen LogP contribution in [0.2, 0.25) is 0 Å². The number of hydrogen-bond donors (Lipinski definition) is 2. The van der Waals surface area contributed by atoms with E-state index in [2.05, 4.69) is 5.32 Å². The van der Waals surface area contributed by atoms with Crippen LogP contribution in [-0.2, 0) is 19.2 Å². The maximum Gasteiger partial charge on any atom is 0.322 e. The summed E-state index contributed by atoms with van der Waals surface area (Å²) < 4.78 is 0. The van der Waals surface area contributed by atoms with Gasteiger partial charge in [0, 0.05) is 19.0 Å². The quantitative estimate of drug-likeness (QED) is 0.707. The van der Waals surface area contributed by atoms with E-state index in [1.807, 2.05) is 0 Å². The van der Waals surface area contributed by atoms with Gasteiger partial charge in [-0.2, -0.15) is 0 Å². The van der Waals surface area contributed by atoms with E-state index >= 15 is 0 Å². The maximum absolute atomic E-state index is 12.4. The summed E-state index contributed by atoms with van der Waals surface area (Å²) in [6.07, 6.45) is 5.23. The van der Waals surface area contributed by atoms with Gasteiger partial charge in [0.05, 0.1) is 0 Å². The van der Waals surface area contributed by atoms with Crippen molar-refractivity contribution in [2.24, 2.45) is 5.92 Å². The van der Waals surface area contributed by atoms with Crippen LogP contribution < -0.4 is 5.32 Å². The highest BCUT2D eigenvalue weighted by atomic mass is 16.4. The Morgan fingerprint density at radius 2 is 1.86 bits per heavy atom. The third kappa shape index (κ3) is 3.59. The number of carbonyl (C=O) groups excluding carboxylic acids is 3. The first-order valence-electron chi connectivity index (χ1n) is 7.33. The minimum Gasteiger partial charge on any atom is -0.480 e. The molecule has 1 heterocycles. The predicted molar refractivity (Wildman–Crippen MR) is 72.3 cm³/mol. The number of nitrogens with one attached hydrogen (secondary N) is 1. The normalized spacial score (nSPS) is 24.0. The van der Waals surface area contributed by atoms with Gasteiger partial charge in [-0.15, -0.1) is 0 Å². The van der Waals surface area contributed by atoms with Gasteiger partial charge in [-0.25, -0.2) is 0 Å². The molecule has 0 aromatic heterocycles. The summed E-state index contributed by atoms with van der Waals surface area (Å²) in [5, 5.41) is 10.7. The Bertz CT molecular complexity index is 456. The number of carboxylic acid groups (broad SMARTS) is 1. The lowest BCUT2D eigenvalue weighted by molar-refractivity contribution is -0.154. The Morgan fingerprint density at radius 3 is 2.48 bits per heavy atom. The van der Waals surface area contributed by atoms with Gasteiger partial charge in [-0.1, -0.05) is 19.3 Å². The van der Waals surface area contributed by atoms with Crippen molar-refractivity contribution in [3.8, 4) is 0 Å². The topological polar surface area (TPSA) is 104 Å². The summed E-state index contributed by atoms with van der Waals surface area (Å²) in [4.78, 5) is 48.3. The van der Waals surface area contributed by atoms with Crippen molar-refractivity contribution in [3.63, 3.8) is 0 Å². The molecule has 0 aromatic rings. The van der Waals surface area contributed by atoms with Gasteiger partial charge in [0.15, 0.2) is 11.7 Å². The largest absolute Gasteiger partial charge is 0.480 e. The van der Waals surface area contributed by atoms with Gasteiger partial charge < -0.3 is 15.3 Å². The summed E-state index contributed by atoms with van der Waals surface area (Å²) in [5.74, 6) is -4.27. The molecule has 1 saturated heterocycles. The maximum atomic E-state index is 12.4. The molecule has 1 aliphatic heterocycles. The van der Waals surface area contributed by atoms with Crippen LogP contribution in [0.3, 0.4) is 0 Å². The van der Waals surface area contributed by atoms with Crippen LogP contribution in [-0.4, -0.2) is 52.7 Å². The van der Waals surface area contributed by atoms with Crippen molar-refractivity contribution >= 4 is 23.6 Å². The molecule has 0 radical (unpaired) electrons. The predicted octanol–water partition coefficient (Wildman–Crippen LogP) is -0.0625. The van der Waals surface area contributed by atoms with E-state index < -0.39 is 36.0 Å². The molecule has 1 aliphatic carbocycles. The molecule has 0 aromatic carbocycles. The Morgan fingerprint density at radius 1 is 1.19 bits per heavy atom. The number of carbonyl (C=O) groups is 4. The smallest absolute Gasteiger partial charge is 0.322 e. The minimum atomic E-state index is -1.37. The van der Waals surface area contributed by atoms with E-state index in [4.69, 9.17) is 5.11 Å². The Hall–Kier alpha value is -1.92. The molecule has 116 valence electrons. The van der Waals surface area contributed by atoms with E-state index in [0.29, 0.717) is 6.54 Å². The van der Waals surface area contributed by atoms with Gasteiger partial charge in [0.1, 0.15) is 6.54 Å². The van der Waals surface area contributed by atoms with Crippen molar-refractivity contribution < 1.29 is 24.3 Å². The first-order chi connectivity index (χ1) is 10.0. The van der Waals surface area contributed by atoms with Gasteiger partial charge in [-0.05, 0) is 12.8 Å². The molecule has 2 amide bonds. The Labute approximate surface area is 122 Å². The number of likely N-dealkylation sites (tertiary alicyclic amines) is 1. The third-order valence-electron chi connectivity index (χ3n) is 4.14. The number of piperidine rings is 1. The molecule has 2 fully saturated rings. The third-order valence-corrected chi connectivity index (χ3v) is 4.14. The van der Waals surface area contributed by atoms with Crippen molar-refractivity contribution in [2.45, 2.75) is 44.6 Å². The highest BCUT2D eigenvalue weighted by Gasteiger charge is 2.42. The number of aliphatic carboxylic acids is 1. The zero-order chi connectivity index (χ0) is 15.4. The van der Waals surface area contributed by atoms with Gasteiger partial charge in [-0.3, -0.25) is 19.2 Å². The Balaban J connectivity index is 2.04. The summed E-state index contributed by atoms with van der Waals surface area (Å²) in [7, 11) is 0. The summed E-state index contributed by atoms with van der Waals surface area (Å²) >= 11 is 0. The highest BCUT2D eigenvalue weighted by molar-refractivity contribution is 6.19. The second kappa shape index (κ2) is 6.69. The average Bonchev–Trinajstić information content (AvgIpc) is 2.46. The van der Waals surface area contributed by atoms with Gasteiger partial charge in [0.2, 0.25) is 11.8 Å². The van der Waals surface area contributed by atoms with Crippen LogP contribution in [0.4, 0.5) is 0 Å². The molecule has 1 unspecified atom stereocenters. The molecular weight excluding hydrogens is 276 g/mol. The van der Waals surface area contributed by atoms with Crippen molar-refractivity contribution in [2.75, 3.05) is 13.1 Å². The Kier molecular flexibility index (Phi) is 4.93. The molecule has 2 rings (SSSR count). The average molecular weight is 296 g/mol. The van der Waals surface area contributed by atoms with Crippen molar-refractivity contribution in [1.29, 1.82) is 0 Å². The number of ketones is 1. The molecule has 21 heavy (non-hydrogen) atoms. The zero-order valence-corrected chi connectivity index (χ0v) is 11.8. The van der Waals surface area contributed by atoms with Gasteiger partial charge >= 0.3 is 5.97 Å². The number of Topliss-reactive ketones (excluding diaryl/α,β-unsaturated/α-hetero) is 1. The van der Waals surface area contributed by atoms with Crippen LogP contribution >= 0.6 is 0 Å². The SMILES string of the molecule is O=C(O)CNC(=O)C1C(=O)CCN(C2CCCCC2)C1=O. The molecule has 1 saturated carbocycles. The highest BCUT2D eigenvalue weighted by Crippen LogP contribution is 2.27. The first kappa shape index (κ1) is 15.5. The molecule has 7 nitrogen and oxygen atoms in total. The standard InChI is InChI=1S/C14H20N2O5/c17-10-6-7-16(9-4-2-1-3-5-9)14(21)12(10)13(20)15-8-11(18)19/h9,12H,1-8H2,(H,15,20)(H,18,19). The number of carboxylic acids is 1. The van der Waals surface area contributed by atoms with Crippen LogP contribution in [0.1, 0.15) is 38.5 Å². The lowest BCUT2D eigenvalue weighted by Gasteiger charge is -2.38. The molecule has 0 bridgehead atoms. The van der Waals surface area contributed by atoms with Crippen LogP contribution in [0, 0.1) is 5.92 Å². The lowest BCUT2D eigenvalue weighted by atomic mass is 9.88. The lowest BCUT2D eigenvalue weighted by Crippen LogP contribution is -2.55. The van der Waals surface area contributed by atoms with Crippen LogP contribution in [0.5, 0.6) is 0 Å². The monoisotopic (exact) mass is 296 g/mol. The second-order valence-corrected chi connectivity index (χ2v) is 5.58. The molecular formula is C14H20N2O5. The van der Waals surface area contributed by atoms with Gasteiger partial charge in [0.25, 0.3) is 0 Å². The van der Waals surface area contributed by atoms with Crippen LogP contribution in [0.25, 0.3) is 0 Å². The number of nitrogens with zero attached hydrogens (tertiary/aromatic N) is 1. The molecule has 0 spiro atoms. The summed E-state index contributed by atoms with van der Waals surface area (Å²) in [6.45, 7) is -0.218. The fraction of sp³-hybridized carbons (Fsp3) is 0.714. The molecule has 2 aliphatic rings. The first-order valence-corrected chi connectivity index (χ1v) is 7.33. The van der Waals surface area contributed by atoms with E-state index in [1.54, 1.807) is 4.90 Å². The molecule has 7 heteroatoms. The number of rotatable bonds is 4. The van der Waals surface area contributed by atoms with Crippen molar-refractivity contribution in [3.05, 3.63) is 0 Å². The van der Waals surface area contributed by atoms with E-state index in [9.17, 15) is 19.2 Å². The zero-order valence-electron chi connectivity index (χ0n) is 11.8. The van der Waals surface area contributed by atoms with Crippen LogP contribution in [0.15, 0.2) is 0 Å². The van der Waals surface area contributed by atoms with E-state index in [0.717, 1.165) is 32.1 Å².